The Labute approximate surface area is 134 Å². The van der Waals surface area contributed by atoms with E-state index in [1.54, 1.807) is 6.07 Å². The van der Waals surface area contributed by atoms with Crippen molar-refractivity contribution in [3.8, 4) is 11.3 Å². The first kappa shape index (κ1) is 15.8. The minimum Gasteiger partial charge on any atom is -0.356 e. The summed E-state index contributed by atoms with van der Waals surface area (Å²) in [7, 11) is 0. The molecular weight excluding hydrogens is 321 g/mol. The molecule has 0 saturated heterocycles. The molecule has 24 heavy (non-hydrogen) atoms. The minimum absolute atomic E-state index is 0.0321. The third kappa shape index (κ3) is 3.45. The van der Waals surface area contributed by atoms with Gasteiger partial charge in [0.15, 0.2) is 5.76 Å². The number of nitrogens with zero attached hydrogens (tertiary/aromatic N) is 1. The average molecular weight is 332 g/mol. The maximum absolute atomic E-state index is 13.7. The summed E-state index contributed by atoms with van der Waals surface area (Å²) in [5.74, 6) is -2.49. The number of aromatic nitrogens is 1. The molecule has 1 aromatic heterocycles. The molecule has 0 aliphatic heterocycles. The topological polar surface area (TPSA) is 55.1 Å². The molecule has 4 nitrogen and oxygen atoms in total. The summed E-state index contributed by atoms with van der Waals surface area (Å²) in [4.78, 5) is 11.9. The normalized spacial score (nSPS) is 10.6. The fourth-order valence-electron chi connectivity index (χ4n) is 2.13. The lowest BCUT2D eigenvalue weighted by atomic mass is 10.1. The summed E-state index contributed by atoms with van der Waals surface area (Å²) < 4.78 is 45.1. The monoisotopic (exact) mass is 332 g/mol. The van der Waals surface area contributed by atoms with Crippen LogP contribution in [0.1, 0.15) is 5.69 Å². The molecule has 0 aliphatic rings. The standard InChI is InChI=1S/C17H11F3N2O2/c18-10-5-6-12(14(20)7-10)16-8-11(22-24-16)9-17(23)21-15-4-2-1-3-13(15)19/h1-8H,9H2,(H,21,23). The van der Waals surface area contributed by atoms with Crippen molar-refractivity contribution < 1.29 is 22.5 Å². The first-order chi connectivity index (χ1) is 11.5. The number of carbonyl (C=O) groups is 1. The van der Waals surface area contributed by atoms with Crippen molar-refractivity contribution in [3.05, 3.63) is 71.7 Å². The van der Waals surface area contributed by atoms with Gasteiger partial charge >= 0.3 is 0 Å². The zero-order valence-corrected chi connectivity index (χ0v) is 12.2. The van der Waals surface area contributed by atoms with Crippen LogP contribution >= 0.6 is 0 Å². The summed E-state index contributed by atoms with van der Waals surface area (Å²) in [5.41, 5.74) is 0.322. The molecule has 0 fully saturated rings. The van der Waals surface area contributed by atoms with Crippen LogP contribution in [0.3, 0.4) is 0 Å². The van der Waals surface area contributed by atoms with Gasteiger partial charge < -0.3 is 9.84 Å². The lowest BCUT2D eigenvalue weighted by molar-refractivity contribution is -0.115. The predicted molar refractivity (Wildman–Crippen MR) is 80.6 cm³/mol. The highest BCUT2D eigenvalue weighted by Gasteiger charge is 2.15. The highest BCUT2D eigenvalue weighted by molar-refractivity contribution is 5.92. The van der Waals surface area contributed by atoms with Crippen molar-refractivity contribution in [2.45, 2.75) is 6.42 Å². The Hall–Kier alpha value is -3.09. The van der Waals surface area contributed by atoms with Crippen LogP contribution in [-0.2, 0) is 11.2 Å². The number of anilines is 1. The van der Waals surface area contributed by atoms with Crippen LogP contribution < -0.4 is 5.32 Å². The summed E-state index contributed by atoms with van der Waals surface area (Å²) in [5, 5.41) is 6.08. The summed E-state index contributed by atoms with van der Waals surface area (Å²) in [6, 6.07) is 10.1. The number of halogens is 3. The molecule has 3 rings (SSSR count). The van der Waals surface area contributed by atoms with Gasteiger partial charge in [0.1, 0.15) is 17.5 Å². The fraction of sp³-hybridized carbons (Fsp3) is 0.0588. The largest absolute Gasteiger partial charge is 0.356 e. The Morgan fingerprint density at radius 2 is 1.83 bits per heavy atom. The third-order valence-electron chi connectivity index (χ3n) is 3.25. The molecular formula is C17H11F3N2O2. The summed E-state index contributed by atoms with van der Waals surface area (Å²) >= 11 is 0. The molecule has 0 radical (unpaired) electrons. The SMILES string of the molecule is O=C(Cc1cc(-c2ccc(F)cc2F)on1)Nc1ccccc1F. The van der Waals surface area contributed by atoms with Crippen LogP contribution in [0.5, 0.6) is 0 Å². The van der Waals surface area contributed by atoms with Gasteiger partial charge in [-0.2, -0.15) is 0 Å². The first-order valence-corrected chi connectivity index (χ1v) is 6.98. The van der Waals surface area contributed by atoms with Crippen molar-refractivity contribution in [2.24, 2.45) is 0 Å². The van der Waals surface area contributed by atoms with Gasteiger partial charge in [0.25, 0.3) is 0 Å². The van der Waals surface area contributed by atoms with E-state index in [1.807, 2.05) is 0 Å². The maximum atomic E-state index is 13.7. The van der Waals surface area contributed by atoms with Crippen LogP contribution in [0.25, 0.3) is 11.3 Å². The van der Waals surface area contributed by atoms with Gasteiger partial charge in [0.05, 0.1) is 23.4 Å². The van der Waals surface area contributed by atoms with Gasteiger partial charge in [-0.15, -0.1) is 0 Å². The first-order valence-electron chi connectivity index (χ1n) is 6.98. The molecule has 0 spiro atoms. The fourth-order valence-corrected chi connectivity index (χ4v) is 2.13. The van der Waals surface area contributed by atoms with Crippen molar-refractivity contribution in [3.63, 3.8) is 0 Å². The molecule has 0 bridgehead atoms. The Bertz CT molecular complexity index is 893. The Balaban J connectivity index is 1.72. The molecule has 0 atom stereocenters. The molecule has 0 saturated carbocycles. The van der Waals surface area contributed by atoms with E-state index in [-0.39, 0.29) is 29.1 Å². The second kappa shape index (κ2) is 6.57. The van der Waals surface area contributed by atoms with E-state index < -0.39 is 23.4 Å². The van der Waals surface area contributed by atoms with E-state index in [0.29, 0.717) is 0 Å². The molecule has 0 aliphatic carbocycles. The number of hydrogen-bond acceptors (Lipinski definition) is 3. The molecule has 1 N–H and O–H groups in total. The molecule has 1 heterocycles. The molecule has 1 amide bonds. The minimum atomic E-state index is -0.798. The zero-order valence-electron chi connectivity index (χ0n) is 12.2. The van der Waals surface area contributed by atoms with E-state index in [4.69, 9.17) is 4.52 Å². The lowest BCUT2D eigenvalue weighted by Gasteiger charge is -2.04. The number of carbonyl (C=O) groups excluding carboxylic acids is 1. The summed E-state index contributed by atoms with van der Waals surface area (Å²) in [6.45, 7) is 0. The quantitative estimate of drug-likeness (QED) is 0.787. The molecule has 0 unspecified atom stereocenters. The van der Waals surface area contributed by atoms with Gasteiger partial charge in [-0.05, 0) is 24.3 Å². The second-order valence-corrected chi connectivity index (χ2v) is 5.01. The van der Waals surface area contributed by atoms with Crippen molar-refractivity contribution in [1.82, 2.24) is 5.16 Å². The Morgan fingerprint density at radius 1 is 1.04 bits per heavy atom. The van der Waals surface area contributed by atoms with Crippen molar-refractivity contribution in [1.29, 1.82) is 0 Å². The van der Waals surface area contributed by atoms with Crippen molar-refractivity contribution >= 4 is 11.6 Å². The molecule has 2 aromatic carbocycles. The van der Waals surface area contributed by atoms with Crippen LogP contribution in [0.2, 0.25) is 0 Å². The Morgan fingerprint density at radius 3 is 2.58 bits per heavy atom. The third-order valence-corrected chi connectivity index (χ3v) is 3.25. The number of para-hydroxylation sites is 1. The number of nitrogens with one attached hydrogen (secondary N) is 1. The van der Waals surface area contributed by atoms with Crippen LogP contribution in [0, 0.1) is 17.5 Å². The van der Waals surface area contributed by atoms with Gasteiger partial charge in [-0.25, -0.2) is 13.2 Å². The molecule has 3 aromatic rings. The van der Waals surface area contributed by atoms with Crippen LogP contribution in [0.4, 0.5) is 18.9 Å². The molecule has 7 heteroatoms. The van der Waals surface area contributed by atoms with Gasteiger partial charge in [-0.1, -0.05) is 17.3 Å². The van der Waals surface area contributed by atoms with E-state index in [1.165, 1.54) is 30.3 Å². The summed E-state index contributed by atoms with van der Waals surface area (Å²) in [6.07, 6.45) is -0.180. The number of amides is 1. The van der Waals surface area contributed by atoms with E-state index >= 15 is 0 Å². The number of rotatable bonds is 4. The smallest absolute Gasteiger partial charge is 0.230 e. The zero-order chi connectivity index (χ0) is 17.1. The van der Waals surface area contributed by atoms with Gasteiger partial charge in [0, 0.05) is 12.1 Å². The number of hydrogen-bond donors (Lipinski definition) is 1. The van der Waals surface area contributed by atoms with Gasteiger partial charge in [-0.3, -0.25) is 4.79 Å². The lowest BCUT2D eigenvalue weighted by Crippen LogP contribution is -2.15. The predicted octanol–water partition coefficient (Wildman–Crippen LogP) is 3.94. The second-order valence-electron chi connectivity index (χ2n) is 5.01. The van der Waals surface area contributed by atoms with Crippen LogP contribution in [0.15, 0.2) is 53.1 Å². The van der Waals surface area contributed by atoms with E-state index in [2.05, 4.69) is 10.5 Å². The highest BCUT2D eigenvalue weighted by Crippen LogP contribution is 2.24. The van der Waals surface area contributed by atoms with Crippen LogP contribution in [-0.4, -0.2) is 11.1 Å². The van der Waals surface area contributed by atoms with Gasteiger partial charge in [0.2, 0.25) is 5.91 Å². The molecule has 122 valence electrons. The van der Waals surface area contributed by atoms with E-state index in [0.717, 1.165) is 12.1 Å². The maximum Gasteiger partial charge on any atom is 0.230 e. The Kier molecular flexibility index (Phi) is 4.33. The van der Waals surface area contributed by atoms with E-state index in [9.17, 15) is 18.0 Å². The van der Waals surface area contributed by atoms with Crippen molar-refractivity contribution in [2.75, 3.05) is 5.32 Å². The highest BCUT2D eigenvalue weighted by atomic mass is 19.1. The average Bonchev–Trinajstić information content (AvgIpc) is 2.97. The number of benzene rings is 2.